The van der Waals surface area contributed by atoms with E-state index in [0.29, 0.717) is 5.44 Å². The van der Waals surface area contributed by atoms with Crippen molar-refractivity contribution < 1.29 is 9.13 Å². The Balaban J connectivity index is 1.21. The lowest BCUT2D eigenvalue weighted by Crippen LogP contribution is -2.27. The lowest BCUT2D eigenvalue weighted by Gasteiger charge is -2.21. The summed E-state index contributed by atoms with van der Waals surface area (Å²) in [5.41, 5.74) is 5.75. The van der Waals surface area contributed by atoms with Gasteiger partial charge in [-0.1, -0.05) is 127 Å². The van der Waals surface area contributed by atoms with Gasteiger partial charge in [0.15, 0.2) is 14.3 Å². The monoisotopic (exact) mass is 682 g/mol. The topological polar surface area (TPSA) is 54.9 Å². The van der Waals surface area contributed by atoms with Gasteiger partial charge in [0.05, 0.1) is 16.5 Å². The van der Waals surface area contributed by atoms with E-state index in [4.69, 9.17) is 0 Å². The SMILES string of the molecule is O=P(c1ccccc1)(c1ccccc1)c1ccc(-n2c3ccccc3c3cc(P(=O)(c4ccccc4)c4ccc5cccc-5[nH]4)ccc32)cc1. The first-order valence-electron chi connectivity index (χ1n) is 16.7. The lowest BCUT2D eigenvalue weighted by molar-refractivity contribution is 0.591. The maximum absolute atomic E-state index is 15.5. The van der Waals surface area contributed by atoms with E-state index in [-0.39, 0.29) is 0 Å². The van der Waals surface area contributed by atoms with E-state index < -0.39 is 14.3 Å². The third-order valence-electron chi connectivity index (χ3n) is 9.72. The maximum atomic E-state index is 15.5. The summed E-state index contributed by atoms with van der Waals surface area (Å²) >= 11 is 0. The first-order valence-corrected chi connectivity index (χ1v) is 20.1. The highest BCUT2D eigenvalue weighted by Crippen LogP contribution is 2.45. The van der Waals surface area contributed by atoms with E-state index in [1.165, 1.54) is 0 Å². The molecule has 9 rings (SSSR count). The molecule has 4 nitrogen and oxygen atoms in total. The molecule has 0 amide bonds. The minimum Gasteiger partial charge on any atom is -0.352 e. The van der Waals surface area contributed by atoms with Crippen molar-refractivity contribution in [2.45, 2.75) is 0 Å². The van der Waals surface area contributed by atoms with Crippen LogP contribution in [0, 0.1) is 0 Å². The summed E-state index contributed by atoms with van der Waals surface area (Å²) in [4.78, 5) is 3.51. The second kappa shape index (κ2) is 12.0. The van der Waals surface area contributed by atoms with Gasteiger partial charge in [0.25, 0.3) is 0 Å². The number of hydrogen-bond acceptors (Lipinski definition) is 2. The average molecular weight is 683 g/mol. The second-order valence-corrected chi connectivity index (χ2v) is 18.0. The highest BCUT2D eigenvalue weighted by Gasteiger charge is 2.33. The third-order valence-corrected chi connectivity index (χ3v) is 15.8. The van der Waals surface area contributed by atoms with Crippen LogP contribution in [0.15, 0.2) is 188 Å². The molecule has 2 aliphatic rings. The van der Waals surface area contributed by atoms with Crippen LogP contribution in [0.3, 0.4) is 0 Å². The summed E-state index contributed by atoms with van der Waals surface area (Å²) in [5, 5.41) is 6.03. The average Bonchev–Trinajstić information content (AvgIpc) is 3.80. The summed E-state index contributed by atoms with van der Waals surface area (Å²) < 4.78 is 32.8. The Morgan fingerprint density at radius 1 is 0.400 bits per heavy atom. The molecule has 6 heteroatoms. The van der Waals surface area contributed by atoms with Gasteiger partial charge in [-0.05, 0) is 66.2 Å². The van der Waals surface area contributed by atoms with E-state index in [9.17, 15) is 0 Å². The molecule has 240 valence electrons. The van der Waals surface area contributed by atoms with Gasteiger partial charge in [0.1, 0.15) is 0 Å². The number of pyridine rings is 1. The summed E-state index contributed by atoms with van der Waals surface area (Å²) in [6, 6.07) is 62.1. The molecule has 2 heterocycles. The van der Waals surface area contributed by atoms with Gasteiger partial charge in [-0.25, -0.2) is 0 Å². The van der Waals surface area contributed by atoms with Crippen molar-refractivity contribution in [1.29, 1.82) is 0 Å². The van der Waals surface area contributed by atoms with Crippen LogP contribution >= 0.6 is 14.3 Å². The number of H-pyrrole nitrogens is 1. The van der Waals surface area contributed by atoms with Gasteiger partial charge in [0.2, 0.25) is 0 Å². The van der Waals surface area contributed by atoms with Gasteiger partial charge < -0.3 is 18.7 Å². The molecular formula is C44H32N2O2P2. The van der Waals surface area contributed by atoms with Crippen LogP contribution in [0.2, 0.25) is 0 Å². The fourth-order valence-corrected chi connectivity index (χ4v) is 12.5. The fourth-order valence-electron chi connectivity index (χ4n) is 7.26. The summed E-state index contributed by atoms with van der Waals surface area (Å²) in [6.45, 7) is 0. The van der Waals surface area contributed by atoms with Gasteiger partial charge in [-0.15, -0.1) is 0 Å². The van der Waals surface area contributed by atoms with Crippen LogP contribution in [-0.4, -0.2) is 9.55 Å². The van der Waals surface area contributed by atoms with Gasteiger partial charge in [-0.2, -0.15) is 0 Å². The van der Waals surface area contributed by atoms with Crippen molar-refractivity contribution in [2.75, 3.05) is 0 Å². The van der Waals surface area contributed by atoms with E-state index in [1.807, 2.05) is 146 Å². The molecule has 0 bridgehead atoms. The highest BCUT2D eigenvalue weighted by molar-refractivity contribution is 7.85. The summed E-state index contributed by atoms with van der Waals surface area (Å²) in [5.74, 6) is 0. The number of fused-ring (bicyclic) bond motifs is 4. The Kier molecular flexibility index (Phi) is 7.32. The van der Waals surface area contributed by atoms with E-state index in [0.717, 1.165) is 65.3 Å². The zero-order valence-corrected chi connectivity index (χ0v) is 28.8. The summed E-state index contributed by atoms with van der Waals surface area (Å²) in [6.07, 6.45) is 0. The van der Waals surface area contributed by atoms with Crippen molar-refractivity contribution in [2.24, 2.45) is 0 Å². The van der Waals surface area contributed by atoms with Crippen molar-refractivity contribution >= 4 is 68.0 Å². The van der Waals surface area contributed by atoms with E-state index in [2.05, 4.69) is 52.0 Å². The Morgan fingerprint density at radius 2 is 0.940 bits per heavy atom. The Bertz CT molecular complexity index is 2650. The van der Waals surface area contributed by atoms with Crippen LogP contribution in [0.5, 0.6) is 0 Å². The quantitative estimate of drug-likeness (QED) is 0.172. The number of nitrogens with zero attached hydrogens (tertiary/aromatic N) is 1. The standard InChI is InChI=1S/C44H32N2O2P2/c47-49(34-14-4-1-5-15-34,35-16-6-2-7-17-35)37-26-24-33(25-27-37)46-42-22-11-10-20-39(42)40-31-38(28-29-43(40)46)50(48,36-18-8-3-9-19-36)44-30-23-32-13-12-21-41(32)45-44/h1-31,45H. The molecule has 0 radical (unpaired) electrons. The smallest absolute Gasteiger partial charge is 0.186 e. The number of para-hydroxylation sites is 1. The first-order chi connectivity index (χ1) is 24.5. The van der Waals surface area contributed by atoms with Crippen LogP contribution in [0.4, 0.5) is 0 Å². The normalized spacial score (nSPS) is 13.1. The van der Waals surface area contributed by atoms with Crippen LogP contribution in [0.25, 0.3) is 38.8 Å². The molecule has 1 atom stereocenters. The Morgan fingerprint density at radius 3 is 1.60 bits per heavy atom. The van der Waals surface area contributed by atoms with E-state index in [1.54, 1.807) is 0 Å². The predicted molar refractivity (Wildman–Crippen MR) is 211 cm³/mol. The Labute approximate surface area is 290 Å². The molecule has 7 aromatic rings. The van der Waals surface area contributed by atoms with Crippen LogP contribution in [-0.2, 0) is 9.13 Å². The molecule has 0 fully saturated rings. The molecule has 50 heavy (non-hydrogen) atoms. The molecule has 0 saturated carbocycles. The number of aromatic nitrogens is 2. The van der Waals surface area contributed by atoms with Crippen molar-refractivity contribution in [3.63, 3.8) is 0 Å². The van der Waals surface area contributed by atoms with E-state index >= 15 is 9.13 Å². The fraction of sp³-hybridized carbons (Fsp3) is 0. The molecule has 6 aromatic carbocycles. The number of hydrogen-bond donors (Lipinski definition) is 1. The van der Waals surface area contributed by atoms with Crippen LogP contribution < -0.4 is 32.0 Å². The summed E-state index contributed by atoms with van der Waals surface area (Å²) in [7, 11) is -6.39. The van der Waals surface area contributed by atoms with Gasteiger partial charge in [0, 0.05) is 48.7 Å². The zero-order chi connectivity index (χ0) is 33.7. The van der Waals surface area contributed by atoms with Crippen LogP contribution in [0.1, 0.15) is 0 Å². The second-order valence-electron chi connectivity index (χ2n) is 12.5. The van der Waals surface area contributed by atoms with Crippen molar-refractivity contribution in [3.8, 4) is 16.9 Å². The largest absolute Gasteiger partial charge is 0.352 e. The molecule has 0 spiro atoms. The first kappa shape index (κ1) is 30.4. The van der Waals surface area contributed by atoms with Gasteiger partial charge >= 0.3 is 0 Å². The maximum Gasteiger partial charge on any atom is 0.186 e. The Hall–Kier alpha value is -5.66. The minimum atomic E-state index is -3.28. The molecular weight excluding hydrogens is 650 g/mol. The van der Waals surface area contributed by atoms with Crippen molar-refractivity contribution in [3.05, 3.63) is 188 Å². The molecule has 1 unspecified atom stereocenters. The highest BCUT2D eigenvalue weighted by atomic mass is 31.2. The van der Waals surface area contributed by atoms with Crippen molar-refractivity contribution in [1.82, 2.24) is 9.55 Å². The van der Waals surface area contributed by atoms with Gasteiger partial charge in [-0.3, -0.25) is 0 Å². The minimum absolute atomic E-state index is 0.697. The molecule has 1 aliphatic carbocycles. The zero-order valence-electron chi connectivity index (χ0n) is 27.1. The molecule has 1 N–H and O–H groups in total. The number of benzene rings is 6. The number of rotatable bonds is 7. The molecule has 0 saturated heterocycles. The third kappa shape index (κ3) is 4.76. The predicted octanol–water partition coefficient (Wildman–Crippen LogP) is 8.50. The number of aromatic amines is 1. The number of nitrogens with one attached hydrogen (secondary N) is 1. The lowest BCUT2D eigenvalue weighted by atomic mass is 10.1. The molecule has 1 aliphatic heterocycles. The molecule has 1 aromatic heterocycles.